The molecule has 1 aliphatic carbocycles. The normalized spacial score (nSPS) is 13.4. The fraction of sp³-hybridized carbons (Fsp3) is 0.0370. The van der Waals surface area contributed by atoms with Crippen molar-refractivity contribution in [1.29, 1.82) is 0 Å². The van der Waals surface area contributed by atoms with Crippen molar-refractivity contribution in [2.24, 2.45) is 5.16 Å². The maximum absolute atomic E-state index is 13.2. The molecule has 0 saturated carbocycles. The number of phenolic OH excluding ortho intramolecular Hbond substituents is 1. The van der Waals surface area contributed by atoms with Crippen LogP contribution in [0.3, 0.4) is 0 Å². The molecule has 204 valence electrons. The van der Waals surface area contributed by atoms with Crippen LogP contribution in [0.25, 0.3) is 11.1 Å². The summed E-state index contributed by atoms with van der Waals surface area (Å²) in [5.41, 5.74) is 2.49. The highest BCUT2D eigenvalue weighted by Gasteiger charge is 2.30. The Hall–Kier alpha value is -4.88. The first-order valence-electron chi connectivity index (χ1n) is 11.7. The van der Waals surface area contributed by atoms with Gasteiger partial charge >= 0.3 is 0 Å². The van der Waals surface area contributed by atoms with Crippen molar-refractivity contribution in [2.75, 3.05) is 14.8 Å². The largest absolute Gasteiger partial charge is 0.508 e. The highest BCUT2D eigenvalue weighted by atomic mass is 32.2. The molecule has 1 aliphatic rings. The molecule has 4 aromatic rings. The maximum atomic E-state index is 13.2. The van der Waals surface area contributed by atoms with Gasteiger partial charge in [-0.05, 0) is 65.7 Å². The number of phenols is 1. The van der Waals surface area contributed by atoms with Gasteiger partial charge in [0.15, 0.2) is 0 Å². The molecule has 5 rings (SSSR count). The highest BCUT2D eigenvalue weighted by Crippen LogP contribution is 2.39. The summed E-state index contributed by atoms with van der Waals surface area (Å²) in [6.45, 7) is 1.34. The van der Waals surface area contributed by atoms with Crippen LogP contribution >= 0.6 is 0 Å². The number of benzene rings is 4. The Bertz CT molecular complexity index is 1920. The minimum atomic E-state index is -4.09. The number of nitrogens with zero attached hydrogens (tertiary/aromatic N) is 1. The van der Waals surface area contributed by atoms with Crippen molar-refractivity contribution in [2.45, 2.75) is 16.7 Å². The zero-order valence-corrected chi connectivity index (χ0v) is 22.4. The third-order valence-electron chi connectivity index (χ3n) is 6.04. The van der Waals surface area contributed by atoms with Gasteiger partial charge in [0.2, 0.25) is 5.91 Å². The molecule has 0 bridgehead atoms. The fourth-order valence-corrected chi connectivity index (χ4v) is 6.51. The third kappa shape index (κ3) is 5.19. The first-order chi connectivity index (χ1) is 19.0. The van der Waals surface area contributed by atoms with Crippen LogP contribution < -0.4 is 14.8 Å². The van der Waals surface area contributed by atoms with Crippen molar-refractivity contribution in [3.05, 3.63) is 96.1 Å². The number of sulfonamides is 2. The van der Waals surface area contributed by atoms with Crippen LogP contribution in [0, 0.1) is 0 Å². The van der Waals surface area contributed by atoms with E-state index in [9.17, 15) is 31.9 Å². The lowest BCUT2D eigenvalue weighted by Gasteiger charge is -2.11. The predicted octanol–water partition coefficient (Wildman–Crippen LogP) is 4.16. The van der Waals surface area contributed by atoms with Gasteiger partial charge in [0, 0.05) is 29.8 Å². The minimum absolute atomic E-state index is 0.00381. The van der Waals surface area contributed by atoms with Gasteiger partial charge in [-0.3, -0.25) is 14.2 Å². The molecular weight excluding hydrogens is 556 g/mol. The maximum Gasteiger partial charge on any atom is 0.261 e. The lowest BCUT2D eigenvalue weighted by atomic mass is 10.1. The summed E-state index contributed by atoms with van der Waals surface area (Å²) in [5.74, 6) is -0.417. The van der Waals surface area contributed by atoms with Gasteiger partial charge in [0.25, 0.3) is 20.0 Å². The molecule has 40 heavy (non-hydrogen) atoms. The Balaban J connectivity index is 1.46. The number of rotatable bonds is 7. The molecule has 13 heteroatoms. The second-order valence-electron chi connectivity index (χ2n) is 8.89. The van der Waals surface area contributed by atoms with E-state index < -0.39 is 20.0 Å². The van der Waals surface area contributed by atoms with Crippen LogP contribution in [0.5, 0.6) is 5.75 Å². The fourth-order valence-electron chi connectivity index (χ4n) is 4.36. The molecule has 5 N–H and O–H groups in total. The Morgan fingerprint density at radius 3 is 1.68 bits per heavy atom. The van der Waals surface area contributed by atoms with Crippen LogP contribution in [-0.4, -0.2) is 38.8 Å². The van der Waals surface area contributed by atoms with Gasteiger partial charge in [-0.15, -0.1) is 0 Å². The molecule has 11 nitrogen and oxygen atoms in total. The van der Waals surface area contributed by atoms with Crippen LogP contribution in [0.2, 0.25) is 0 Å². The van der Waals surface area contributed by atoms with E-state index in [-0.39, 0.29) is 38.5 Å². The molecule has 1 amide bonds. The number of hydrogen-bond donors (Lipinski definition) is 5. The number of oxime groups is 1. The lowest BCUT2D eigenvalue weighted by Crippen LogP contribution is -2.14. The molecule has 0 fully saturated rings. The average molecular weight is 579 g/mol. The van der Waals surface area contributed by atoms with E-state index in [0.717, 1.165) is 0 Å². The van der Waals surface area contributed by atoms with Crippen molar-refractivity contribution >= 4 is 48.7 Å². The Morgan fingerprint density at radius 1 is 0.675 bits per heavy atom. The number of hydrogen-bond acceptors (Lipinski definition) is 8. The number of carbonyl (C=O) groups excluding carboxylic acids is 1. The Kier molecular flexibility index (Phi) is 6.69. The number of carbonyl (C=O) groups is 1. The van der Waals surface area contributed by atoms with Crippen molar-refractivity contribution < 1.29 is 31.9 Å². The molecule has 4 aromatic carbocycles. The van der Waals surface area contributed by atoms with Crippen molar-refractivity contribution in [3.63, 3.8) is 0 Å². The Morgan fingerprint density at radius 2 is 1.18 bits per heavy atom. The summed E-state index contributed by atoms with van der Waals surface area (Å²) in [4.78, 5) is 11.1. The van der Waals surface area contributed by atoms with Crippen molar-refractivity contribution in [3.8, 4) is 16.9 Å². The number of aromatic hydroxyl groups is 1. The lowest BCUT2D eigenvalue weighted by molar-refractivity contribution is -0.114. The number of nitrogens with one attached hydrogen (secondary N) is 3. The van der Waals surface area contributed by atoms with Crippen LogP contribution in [-0.2, 0) is 24.8 Å². The topological polar surface area (TPSA) is 174 Å². The van der Waals surface area contributed by atoms with Crippen LogP contribution in [0.4, 0.5) is 17.1 Å². The van der Waals surface area contributed by atoms with Crippen molar-refractivity contribution in [1.82, 2.24) is 0 Å². The summed E-state index contributed by atoms with van der Waals surface area (Å²) in [6, 6.07) is 20.3. The van der Waals surface area contributed by atoms with Gasteiger partial charge in [-0.25, -0.2) is 16.8 Å². The van der Waals surface area contributed by atoms with Crippen LogP contribution in [0.1, 0.15) is 18.1 Å². The van der Waals surface area contributed by atoms with Gasteiger partial charge < -0.3 is 15.6 Å². The van der Waals surface area contributed by atoms with E-state index >= 15 is 0 Å². The monoisotopic (exact) mass is 578 g/mol. The van der Waals surface area contributed by atoms with Gasteiger partial charge in [-0.1, -0.05) is 29.4 Å². The molecule has 0 aromatic heterocycles. The summed E-state index contributed by atoms with van der Waals surface area (Å²) in [5, 5.41) is 25.4. The summed E-state index contributed by atoms with van der Waals surface area (Å²) >= 11 is 0. The first-order valence-corrected chi connectivity index (χ1v) is 14.7. The molecule has 0 heterocycles. The molecule has 0 spiro atoms. The van der Waals surface area contributed by atoms with Gasteiger partial charge in [0.05, 0.1) is 21.2 Å². The highest BCUT2D eigenvalue weighted by molar-refractivity contribution is 7.93. The molecule has 0 atom stereocenters. The molecule has 0 saturated heterocycles. The van der Waals surface area contributed by atoms with Crippen LogP contribution in [0.15, 0.2) is 99.9 Å². The molecule has 0 unspecified atom stereocenters. The van der Waals surface area contributed by atoms with E-state index in [0.29, 0.717) is 27.9 Å². The molecular formula is C27H22N4O7S2. The van der Waals surface area contributed by atoms with Gasteiger partial charge in [-0.2, -0.15) is 0 Å². The van der Waals surface area contributed by atoms with E-state index in [1.165, 1.54) is 67.6 Å². The van der Waals surface area contributed by atoms with E-state index in [1.54, 1.807) is 24.3 Å². The third-order valence-corrected chi connectivity index (χ3v) is 8.79. The standard InChI is InChI=1S/C27H22N4O7S2/c1-16(32)28-17-4-2-5-18(12-17)30-39(35,36)21-8-10-23-24-11-9-22(15-26(24)27(29-34)25(23)14-21)40(37,38)31-19-6-3-7-20(33)13-19/h2-15,30-31,33-34H,1H3,(H,28,32)/b29-27-. The smallest absolute Gasteiger partial charge is 0.261 e. The molecule has 0 radical (unpaired) electrons. The minimum Gasteiger partial charge on any atom is -0.508 e. The summed E-state index contributed by atoms with van der Waals surface area (Å²) < 4.78 is 57.2. The summed E-state index contributed by atoms with van der Waals surface area (Å²) in [7, 11) is -8.17. The zero-order valence-electron chi connectivity index (χ0n) is 20.8. The number of amides is 1. The first kappa shape index (κ1) is 26.7. The Labute approximate surface area is 229 Å². The summed E-state index contributed by atoms with van der Waals surface area (Å²) in [6.07, 6.45) is 0. The second-order valence-corrected chi connectivity index (χ2v) is 12.3. The van der Waals surface area contributed by atoms with E-state index in [2.05, 4.69) is 19.9 Å². The predicted molar refractivity (Wildman–Crippen MR) is 150 cm³/mol. The number of fused-ring (bicyclic) bond motifs is 3. The van der Waals surface area contributed by atoms with E-state index in [1.807, 2.05) is 0 Å². The number of anilines is 3. The zero-order chi connectivity index (χ0) is 28.7. The van der Waals surface area contributed by atoms with E-state index in [4.69, 9.17) is 0 Å². The second kappa shape index (κ2) is 10.0. The molecule has 0 aliphatic heterocycles. The SMILES string of the molecule is CC(=O)Nc1cccc(NS(=O)(=O)c2ccc3c(c2)/C(=N/O)c2cc(S(=O)(=O)Nc4cccc(O)c4)ccc2-3)c1. The van der Waals surface area contributed by atoms with Gasteiger partial charge in [0.1, 0.15) is 11.5 Å². The quantitative estimate of drug-likeness (QED) is 0.142. The average Bonchev–Trinajstić information content (AvgIpc) is 3.20.